The number of fused-ring (bicyclic) bond motifs is 1. The molecule has 2 aromatic rings. The maximum atomic E-state index is 12.2. The molecule has 1 unspecified atom stereocenters. The molecule has 1 aromatic heterocycles. The average molecular weight is 286 g/mol. The van der Waals surface area contributed by atoms with Gasteiger partial charge in [0.15, 0.2) is 0 Å². The van der Waals surface area contributed by atoms with Crippen molar-refractivity contribution < 1.29 is 4.79 Å². The van der Waals surface area contributed by atoms with E-state index in [0.29, 0.717) is 6.54 Å². The fourth-order valence-electron chi connectivity index (χ4n) is 2.51. The number of aryl methyl sites for hydroxylation is 1. The van der Waals surface area contributed by atoms with Crippen LogP contribution < -0.4 is 10.6 Å². The third-order valence-corrected chi connectivity index (χ3v) is 4.72. The number of benzene rings is 1. The van der Waals surface area contributed by atoms with Gasteiger partial charge < -0.3 is 10.6 Å². The molecule has 0 saturated heterocycles. The second kappa shape index (κ2) is 5.77. The minimum absolute atomic E-state index is 0.0881. The predicted molar refractivity (Wildman–Crippen MR) is 81.7 cm³/mol. The molecular formula is C16H18N2OS. The van der Waals surface area contributed by atoms with Gasteiger partial charge in [0.1, 0.15) is 0 Å². The Morgan fingerprint density at radius 2 is 2.15 bits per heavy atom. The highest BCUT2D eigenvalue weighted by molar-refractivity contribution is 7.08. The van der Waals surface area contributed by atoms with Crippen LogP contribution in [0.4, 0.5) is 0 Å². The van der Waals surface area contributed by atoms with Crippen LogP contribution in [0.15, 0.2) is 35.0 Å². The molecule has 0 aliphatic carbocycles. The van der Waals surface area contributed by atoms with Crippen LogP contribution in [-0.4, -0.2) is 11.9 Å². The average Bonchev–Trinajstić information content (AvgIpc) is 2.89. The third-order valence-electron chi connectivity index (χ3n) is 3.81. The molecule has 1 aromatic carbocycles. The minimum atomic E-state index is -0.121. The van der Waals surface area contributed by atoms with Gasteiger partial charge in [-0.05, 0) is 46.4 Å². The van der Waals surface area contributed by atoms with E-state index < -0.39 is 0 Å². The minimum Gasteiger partial charge on any atom is -0.351 e. The van der Waals surface area contributed by atoms with Crippen LogP contribution in [0.2, 0.25) is 0 Å². The number of carbonyl (C=O) groups is 1. The Morgan fingerprint density at radius 1 is 1.35 bits per heavy atom. The van der Waals surface area contributed by atoms with Crippen molar-refractivity contribution in [3.05, 3.63) is 57.3 Å². The lowest BCUT2D eigenvalue weighted by Gasteiger charge is -2.25. The summed E-state index contributed by atoms with van der Waals surface area (Å²) in [6.45, 7) is 3.47. The quantitative estimate of drug-likeness (QED) is 0.909. The van der Waals surface area contributed by atoms with Gasteiger partial charge in [0.2, 0.25) is 5.91 Å². The van der Waals surface area contributed by atoms with E-state index in [0.717, 1.165) is 13.0 Å². The molecule has 104 valence electrons. The first-order valence-corrected chi connectivity index (χ1v) is 7.78. The fraction of sp³-hybridized carbons (Fsp3) is 0.312. The summed E-state index contributed by atoms with van der Waals surface area (Å²) in [7, 11) is 0. The predicted octanol–water partition coefficient (Wildman–Crippen LogP) is 2.39. The number of carbonyl (C=O) groups excluding carboxylic acids is 1. The molecule has 2 heterocycles. The normalized spacial score (nSPS) is 17.6. The van der Waals surface area contributed by atoms with E-state index in [1.165, 1.54) is 22.3 Å². The van der Waals surface area contributed by atoms with Crippen LogP contribution in [-0.2, 0) is 24.3 Å². The molecule has 20 heavy (non-hydrogen) atoms. The van der Waals surface area contributed by atoms with Gasteiger partial charge in [-0.25, -0.2) is 0 Å². The molecule has 0 fully saturated rings. The van der Waals surface area contributed by atoms with E-state index in [2.05, 4.69) is 40.5 Å². The smallest absolute Gasteiger partial charge is 0.237 e. The molecule has 0 bridgehead atoms. The van der Waals surface area contributed by atoms with Crippen LogP contribution in [0, 0.1) is 6.92 Å². The maximum absolute atomic E-state index is 12.2. The maximum Gasteiger partial charge on any atom is 0.237 e. The molecule has 0 radical (unpaired) electrons. The van der Waals surface area contributed by atoms with E-state index in [4.69, 9.17) is 0 Å². The molecule has 1 aliphatic rings. The van der Waals surface area contributed by atoms with Gasteiger partial charge in [0, 0.05) is 13.1 Å². The van der Waals surface area contributed by atoms with Crippen molar-refractivity contribution in [3.8, 4) is 0 Å². The molecular weight excluding hydrogens is 268 g/mol. The van der Waals surface area contributed by atoms with Gasteiger partial charge in [0.05, 0.1) is 6.04 Å². The number of amides is 1. The van der Waals surface area contributed by atoms with Gasteiger partial charge in [-0.2, -0.15) is 11.3 Å². The lowest BCUT2D eigenvalue weighted by molar-refractivity contribution is -0.123. The van der Waals surface area contributed by atoms with Gasteiger partial charge >= 0.3 is 0 Å². The van der Waals surface area contributed by atoms with Crippen molar-refractivity contribution in [3.63, 3.8) is 0 Å². The van der Waals surface area contributed by atoms with E-state index in [1.807, 2.05) is 12.1 Å². The number of rotatable bonds is 3. The highest BCUT2D eigenvalue weighted by Gasteiger charge is 2.23. The van der Waals surface area contributed by atoms with Crippen molar-refractivity contribution in [1.29, 1.82) is 0 Å². The molecule has 1 atom stereocenters. The third kappa shape index (κ3) is 2.76. The number of nitrogens with one attached hydrogen (secondary N) is 2. The van der Waals surface area contributed by atoms with E-state index in [1.54, 1.807) is 11.3 Å². The fourth-order valence-corrected chi connectivity index (χ4v) is 3.37. The summed E-state index contributed by atoms with van der Waals surface area (Å²) in [5.41, 5.74) is 5.03. The summed E-state index contributed by atoms with van der Waals surface area (Å²) in [6.07, 6.45) is 0.768. The van der Waals surface area contributed by atoms with Crippen molar-refractivity contribution in [2.24, 2.45) is 0 Å². The van der Waals surface area contributed by atoms with Crippen LogP contribution in [0.1, 0.15) is 22.3 Å². The Bertz CT molecular complexity index is 620. The molecule has 0 spiro atoms. The number of hydrogen-bond acceptors (Lipinski definition) is 3. The summed E-state index contributed by atoms with van der Waals surface area (Å²) < 4.78 is 0. The first-order valence-electron chi connectivity index (χ1n) is 6.83. The van der Waals surface area contributed by atoms with Crippen molar-refractivity contribution >= 4 is 17.2 Å². The Morgan fingerprint density at radius 3 is 2.90 bits per heavy atom. The van der Waals surface area contributed by atoms with Crippen molar-refractivity contribution in [1.82, 2.24) is 10.6 Å². The number of hydrogen-bond donors (Lipinski definition) is 2. The molecule has 3 nitrogen and oxygen atoms in total. The van der Waals surface area contributed by atoms with E-state index in [9.17, 15) is 4.79 Å². The summed E-state index contributed by atoms with van der Waals surface area (Å²) in [5, 5.41) is 10.5. The Kier molecular flexibility index (Phi) is 3.85. The zero-order chi connectivity index (χ0) is 13.9. The first kappa shape index (κ1) is 13.3. The monoisotopic (exact) mass is 286 g/mol. The van der Waals surface area contributed by atoms with Crippen LogP contribution in [0.3, 0.4) is 0 Å². The van der Waals surface area contributed by atoms with Crippen LogP contribution >= 0.6 is 11.3 Å². The molecule has 1 amide bonds. The lowest BCUT2D eigenvalue weighted by atomic mass is 9.95. The van der Waals surface area contributed by atoms with Gasteiger partial charge in [0.25, 0.3) is 0 Å². The summed E-state index contributed by atoms with van der Waals surface area (Å²) >= 11 is 1.68. The second-order valence-corrected chi connectivity index (χ2v) is 5.95. The second-order valence-electron chi connectivity index (χ2n) is 5.20. The molecule has 3 rings (SSSR count). The standard InChI is InChI=1S/C16H18N2OS/c1-11-9-20-10-14(11)8-18-16(19)15-6-12-4-2-3-5-13(12)7-17-15/h2-5,9-10,15,17H,6-8H2,1H3,(H,18,19). The summed E-state index contributed by atoms with van der Waals surface area (Å²) in [4.78, 5) is 12.2. The first-order chi connectivity index (χ1) is 9.74. The van der Waals surface area contributed by atoms with Crippen molar-refractivity contribution in [2.45, 2.75) is 32.5 Å². The summed E-state index contributed by atoms with van der Waals surface area (Å²) in [5.74, 6) is 0.0881. The van der Waals surface area contributed by atoms with Crippen LogP contribution in [0.25, 0.3) is 0 Å². The molecule has 0 saturated carbocycles. The Balaban J connectivity index is 1.60. The van der Waals surface area contributed by atoms with E-state index >= 15 is 0 Å². The van der Waals surface area contributed by atoms with Crippen molar-refractivity contribution in [2.75, 3.05) is 0 Å². The number of thiophene rings is 1. The highest BCUT2D eigenvalue weighted by atomic mass is 32.1. The van der Waals surface area contributed by atoms with Crippen LogP contribution in [0.5, 0.6) is 0 Å². The lowest BCUT2D eigenvalue weighted by Crippen LogP contribution is -2.47. The topological polar surface area (TPSA) is 41.1 Å². The SMILES string of the molecule is Cc1cscc1CNC(=O)C1Cc2ccccc2CN1. The largest absolute Gasteiger partial charge is 0.351 e. The molecule has 2 N–H and O–H groups in total. The zero-order valence-corrected chi connectivity index (χ0v) is 12.3. The molecule has 4 heteroatoms. The zero-order valence-electron chi connectivity index (χ0n) is 11.5. The Labute approximate surface area is 123 Å². The summed E-state index contributed by atoms with van der Waals surface area (Å²) in [6, 6.07) is 8.18. The highest BCUT2D eigenvalue weighted by Crippen LogP contribution is 2.17. The van der Waals surface area contributed by atoms with Gasteiger partial charge in [-0.3, -0.25) is 4.79 Å². The van der Waals surface area contributed by atoms with E-state index in [-0.39, 0.29) is 11.9 Å². The molecule has 1 aliphatic heterocycles. The van der Waals surface area contributed by atoms with Gasteiger partial charge in [-0.15, -0.1) is 0 Å². The Hall–Kier alpha value is -1.65. The van der Waals surface area contributed by atoms with Gasteiger partial charge in [-0.1, -0.05) is 24.3 Å².